The second-order valence-corrected chi connectivity index (χ2v) is 16.7. The maximum absolute atomic E-state index is 12.4. The fraction of sp³-hybridized carbons (Fsp3) is 0.240. The molecule has 0 saturated heterocycles. The van der Waals surface area contributed by atoms with Gasteiger partial charge in [0, 0.05) is 50.0 Å². The molecule has 392 valence electrons. The van der Waals surface area contributed by atoms with Crippen molar-refractivity contribution >= 4 is 60.1 Å². The van der Waals surface area contributed by atoms with Crippen molar-refractivity contribution in [2.24, 2.45) is 0 Å². The molecule has 24 nitrogen and oxygen atoms in total. The zero-order chi connectivity index (χ0) is 54.7. The molecule has 0 unspecified atom stereocenters. The van der Waals surface area contributed by atoms with E-state index in [1.165, 1.54) is 85.0 Å². The lowest BCUT2D eigenvalue weighted by Crippen LogP contribution is -2.58. The van der Waals surface area contributed by atoms with Gasteiger partial charge in [-0.1, -0.05) is 24.3 Å². The smallest absolute Gasteiger partial charge is 0.348 e. The highest BCUT2D eigenvalue weighted by Gasteiger charge is 2.55. The van der Waals surface area contributed by atoms with Gasteiger partial charge in [0.1, 0.15) is 24.4 Å². The molecule has 4 aromatic rings. The lowest BCUT2D eigenvalue weighted by atomic mass is 9.79. The second kappa shape index (κ2) is 23.9. The number of hydrogen-bond donors (Lipinski definition) is 14. The molecule has 6 rings (SSSR count). The summed E-state index contributed by atoms with van der Waals surface area (Å²) < 4.78 is 20.5. The molecule has 0 aliphatic heterocycles. The first-order valence-electron chi connectivity index (χ1n) is 21.7. The van der Waals surface area contributed by atoms with Gasteiger partial charge in [0.15, 0.2) is 46.0 Å². The maximum Gasteiger partial charge on any atom is 0.348 e. The van der Waals surface area contributed by atoms with Crippen molar-refractivity contribution in [3.8, 4) is 46.0 Å². The summed E-state index contributed by atoms with van der Waals surface area (Å²) in [6.45, 7) is 0. The van der Waals surface area contributed by atoms with Crippen molar-refractivity contribution in [2.45, 2.75) is 73.5 Å². The molecule has 4 aromatic carbocycles. The van der Waals surface area contributed by atoms with Gasteiger partial charge in [0.05, 0.1) is 12.2 Å². The first kappa shape index (κ1) is 55.8. The Morgan fingerprint density at radius 2 is 0.649 bits per heavy atom. The number of phenols is 8. The Morgan fingerprint density at radius 3 is 0.892 bits per heavy atom. The van der Waals surface area contributed by atoms with E-state index in [0.29, 0.717) is 11.1 Å². The number of rotatable bonds is 14. The van der Waals surface area contributed by atoms with Crippen LogP contribution in [0.15, 0.2) is 97.1 Å². The fourth-order valence-electron chi connectivity index (χ4n) is 7.36. The molecule has 2 aliphatic carbocycles. The van der Waals surface area contributed by atoms with Crippen LogP contribution in [0.25, 0.3) is 24.3 Å². The SMILES string of the molecule is O=C(/C=C/c1ccc(O)c(O)c1)O[C@@H]1C[C@](OC(=O)/C=C/c2ccc(O)c(O)c2)(C(=O)O)C[C@@H](O)[C@H]1O.O=C(/C=C/c1ccc(O)c(O)c1)O[C@@H]1C[C@](OC(=O)/C=C/c2ccc(O)c(O)c2)(C(=O)O)C[C@@H](O)[C@H]1O. The van der Waals surface area contributed by atoms with Crippen LogP contribution in [-0.4, -0.2) is 155 Å². The summed E-state index contributed by atoms with van der Waals surface area (Å²) in [4.78, 5) is 73.5. The summed E-state index contributed by atoms with van der Waals surface area (Å²) in [7, 11) is 0. The molecule has 0 radical (unpaired) electrons. The van der Waals surface area contributed by atoms with Crippen LogP contribution < -0.4 is 0 Å². The summed E-state index contributed by atoms with van der Waals surface area (Å²) in [5.74, 6) is -10.8. The Morgan fingerprint density at radius 1 is 0.392 bits per heavy atom. The van der Waals surface area contributed by atoms with Crippen molar-refractivity contribution in [3.63, 3.8) is 0 Å². The number of hydrogen-bond acceptors (Lipinski definition) is 22. The average Bonchev–Trinajstić information content (AvgIpc) is 3.33. The van der Waals surface area contributed by atoms with Crippen molar-refractivity contribution in [1.29, 1.82) is 0 Å². The zero-order valence-electron chi connectivity index (χ0n) is 38.2. The predicted molar refractivity (Wildman–Crippen MR) is 250 cm³/mol. The number of esters is 4. The summed E-state index contributed by atoms with van der Waals surface area (Å²) in [6.07, 6.45) is -4.18. The van der Waals surface area contributed by atoms with E-state index in [1.54, 1.807) is 0 Å². The van der Waals surface area contributed by atoms with Gasteiger partial charge in [-0.3, -0.25) is 0 Å². The number of aliphatic hydroxyl groups excluding tert-OH is 4. The van der Waals surface area contributed by atoms with Crippen molar-refractivity contribution in [1.82, 2.24) is 0 Å². The number of benzene rings is 4. The summed E-state index contributed by atoms with van der Waals surface area (Å²) in [6, 6.07) is 14.9. The van der Waals surface area contributed by atoms with Gasteiger partial charge in [-0.2, -0.15) is 0 Å². The monoisotopic (exact) mass is 1030 g/mol. The van der Waals surface area contributed by atoms with Gasteiger partial charge >= 0.3 is 35.8 Å². The Kier molecular flexibility index (Phi) is 18.0. The van der Waals surface area contributed by atoms with Gasteiger partial charge in [-0.25, -0.2) is 28.8 Å². The van der Waals surface area contributed by atoms with E-state index >= 15 is 0 Å². The molecule has 24 heteroatoms. The largest absolute Gasteiger partial charge is 0.504 e. The molecule has 74 heavy (non-hydrogen) atoms. The van der Waals surface area contributed by atoms with E-state index in [4.69, 9.17) is 18.9 Å². The Bertz CT molecular complexity index is 2690. The van der Waals surface area contributed by atoms with Crippen molar-refractivity contribution < 1.29 is 119 Å². The Labute approximate surface area is 417 Å². The number of aliphatic carboxylic acids is 2. The quantitative estimate of drug-likeness (QED) is 0.0372. The van der Waals surface area contributed by atoms with Crippen LogP contribution >= 0.6 is 0 Å². The average molecular weight is 1030 g/mol. The van der Waals surface area contributed by atoms with E-state index in [9.17, 15) is 100 Å². The summed E-state index contributed by atoms with van der Waals surface area (Å²) in [5, 5.41) is 136. The Hall–Kier alpha value is -9.10. The normalized spacial score (nSPS) is 23.7. The summed E-state index contributed by atoms with van der Waals surface area (Å²) in [5.41, 5.74) is -3.46. The van der Waals surface area contributed by atoms with Crippen molar-refractivity contribution in [2.75, 3.05) is 0 Å². The van der Waals surface area contributed by atoms with Gasteiger partial charge in [-0.15, -0.1) is 0 Å². The van der Waals surface area contributed by atoms with E-state index in [0.717, 1.165) is 36.4 Å². The van der Waals surface area contributed by atoms with E-state index < -0.39 is 132 Å². The van der Waals surface area contributed by atoms with Crippen LogP contribution in [0.5, 0.6) is 46.0 Å². The van der Waals surface area contributed by atoms with Crippen LogP contribution in [0.2, 0.25) is 0 Å². The van der Waals surface area contributed by atoms with E-state index in [-0.39, 0.29) is 34.1 Å². The number of carbonyl (C=O) groups excluding carboxylic acids is 4. The number of ether oxygens (including phenoxy) is 4. The Balaban J connectivity index is 0.000000274. The van der Waals surface area contributed by atoms with Crippen LogP contribution in [0.1, 0.15) is 47.9 Å². The first-order chi connectivity index (χ1) is 34.8. The predicted octanol–water partition coefficient (Wildman–Crippen LogP) is 2.06. The molecular formula is C50H48O24. The molecule has 2 aliphatic rings. The number of aliphatic hydroxyl groups is 4. The number of carbonyl (C=O) groups is 6. The minimum atomic E-state index is -2.34. The lowest BCUT2D eigenvalue weighted by Gasteiger charge is -2.41. The van der Waals surface area contributed by atoms with Gasteiger partial charge in [0.2, 0.25) is 11.2 Å². The highest BCUT2D eigenvalue weighted by atomic mass is 16.6. The van der Waals surface area contributed by atoms with E-state index in [1.807, 2.05) is 0 Å². The molecular weight excluding hydrogens is 985 g/mol. The topological polar surface area (TPSA) is 423 Å². The second-order valence-electron chi connectivity index (χ2n) is 16.7. The molecule has 0 bridgehead atoms. The minimum absolute atomic E-state index is 0.288. The van der Waals surface area contributed by atoms with E-state index in [2.05, 4.69) is 0 Å². The highest BCUT2D eigenvalue weighted by molar-refractivity contribution is 5.92. The molecule has 0 spiro atoms. The van der Waals surface area contributed by atoms with Crippen LogP contribution in [0.3, 0.4) is 0 Å². The molecule has 0 aromatic heterocycles. The third kappa shape index (κ3) is 14.5. The molecule has 0 heterocycles. The number of carboxylic acid groups (broad SMARTS) is 2. The zero-order valence-corrected chi connectivity index (χ0v) is 38.2. The highest BCUT2D eigenvalue weighted by Crippen LogP contribution is 2.37. The summed E-state index contributed by atoms with van der Waals surface area (Å²) >= 11 is 0. The molecule has 2 fully saturated rings. The number of phenolic OH excluding ortho intramolecular Hbond substituents is 8. The minimum Gasteiger partial charge on any atom is -0.504 e. The molecule has 0 amide bonds. The standard InChI is InChI=1S/2C25H24O12/c2*26-15-5-1-13(9-17(15)28)3-7-21(31)36-20-12-25(24(34)35,11-19(30)23(20)33)37-22(32)8-4-14-2-6-16(27)18(29)10-14/h2*1-10,19-20,23,26-30,33H,11-12H2,(H,34,35)/b2*7-3+,8-4+/t2*19-,20-,23-,25+/m11/s1. The fourth-order valence-corrected chi connectivity index (χ4v) is 7.36. The van der Waals surface area contributed by atoms with Gasteiger partial charge in [-0.05, 0) is 95.1 Å². The van der Waals surface area contributed by atoms with Gasteiger partial charge < -0.3 is 90.4 Å². The first-order valence-corrected chi connectivity index (χ1v) is 21.7. The number of aromatic hydroxyl groups is 8. The lowest BCUT2D eigenvalue weighted by molar-refractivity contribution is -0.207. The van der Waals surface area contributed by atoms with Crippen molar-refractivity contribution in [3.05, 3.63) is 119 Å². The van der Waals surface area contributed by atoms with Crippen LogP contribution in [0, 0.1) is 0 Å². The molecule has 8 atom stereocenters. The number of carboxylic acids is 2. The molecule has 14 N–H and O–H groups in total. The van der Waals surface area contributed by atoms with Crippen LogP contribution in [-0.2, 0) is 47.7 Å². The third-order valence-electron chi connectivity index (χ3n) is 11.2. The molecule has 2 saturated carbocycles. The van der Waals surface area contributed by atoms with Gasteiger partial charge in [0.25, 0.3) is 0 Å². The third-order valence-corrected chi connectivity index (χ3v) is 11.2. The van der Waals surface area contributed by atoms with Crippen LogP contribution in [0.4, 0.5) is 0 Å². The maximum atomic E-state index is 12.4.